The zero-order valence-corrected chi connectivity index (χ0v) is 6.86. The Morgan fingerprint density at radius 2 is 2.08 bits per heavy atom. The summed E-state index contributed by atoms with van der Waals surface area (Å²) in [6.07, 6.45) is 0. The number of hydrogen-bond donors (Lipinski definition) is 1. The Bertz CT molecular complexity index is 497. The first-order valence-electron chi connectivity index (χ1n) is 3.86. The lowest BCUT2D eigenvalue weighted by Crippen LogP contribution is -1.92. The van der Waals surface area contributed by atoms with Crippen LogP contribution in [-0.2, 0) is 0 Å². The zero-order valence-electron chi connectivity index (χ0n) is 6.86. The third kappa shape index (κ3) is 1.18. The van der Waals surface area contributed by atoms with Crippen molar-refractivity contribution in [3.63, 3.8) is 0 Å². The number of nitrogen functional groups attached to an aromatic ring is 1. The van der Waals surface area contributed by atoms with E-state index in [2.05, 4.69) is 11.1 Å². The quantitative estimate of drug-likeness (QED) is 0.652. The largest absolute Gasteiger partial charge is 0.384 e. The molecule has 2 rings (SSSR count). The van der Waals surface area contributed by atoms with E-state index in [1.54, 1.807) is 6.07 Å². The third-order valence-electron chi connectivity index (χ3n) is 1.86. The Balaban J connectivity index is 2.91. The Morgan fingerprint density at radius 3 is 2.85 bits per heavy atom. The van der Waals surface area contributed by atoms with Gasteiger partial charge in [-0.1, -0.05) is 18.2 Å². The molecule has 13 heavy (non-hydrogen) atoms. The van der Waals surface area contributed by atoms with Gasteiger partial charge in [-0.25, -0.2) is 4.98 Å². The molecule has 2 aromatic rings. The normalized spacial score (nSPS) is 9.77. The molecular formula is C10H7N3. The van der Waals surface area contributed by atoms with Gasteiger partial charge in [0.2, 0.25) is 0 Å². The van der Waals surface area contributed by atoms with E-state index in [0.717, 1.165) is 10.9 Å². The van der Waals surface area contributed by atoms with E-state index in [-0.39, 0.29) is 0 Å². The van der Waals surface area contributed by atoms with Crippen molar-refractivity contribution in [3.8, 4) is 6.07 Å². The van der Waals surface area contributed by atoms with Gasteiger partial charge < -0.3 is 5.73 Å². The first-order valence-corrected chi connectivity index (χ1v) is 3.86. The van der Waals surface area contributed by atoms with Crippen LogP contribution in [0, 0.1) is 11.3 Å². The van der Waals surface area contributed by atoms with E-state index >= 15 is 0 Å². The van der Waals surface area contributed by atoms with Crippen LogP contribution in [-0.4, -0.2) is 4.98 Å². The van der Waals surface area contributed by atoms with Crippen LogP contribution >= 0.6 is 0 Å². The number of pyridine rings is 1. The molecule has 0 amide bonds. The van der Waals surface area contributed by atoms with Crippen molar-refractivity contribution >= 4 is 16.7 Å². The molecular weight excluding hydrogens is 162 g/mol. The minimum absolute atomic E-state index is 0.384. The Hall–Kier alpha value is -2.08. The van der Waals surface area contributed by atoms with Gasteiger partial charge in [-0.2, -0.15) is 5.26 Å². The van der Waals surface area contributed by atoms with E-state index in [1.807, 2.05) is 24.3 Å². The molecule has 0 radical (unpaired) electrons. The predicted molar refractivity (Wildman–Crippen MR) is 50.9 cm³/mol. The molecule has 0 fully saturated rings. The van der Waals surface area contributed by atoms with Crippen molar-refractivity contribution in [2.75, 3.05) is 5.73 Å². The number of anilines is 1. The lowest BCUT2D eigenvalue weighted by Gasteiger charge is -1.99. The van der Waals surface area contributed by atoms with Gasteiger partial charge in [-0.05, 0) is 12.1 Å². The van der Waals surface area contributed by atoms with Crippen LogP contribution in [0.4, 0.5) is 5.82 Å². The number of aromatic nitrogens is 1. The SMILES string of the molecule is N#Cc1cc(N)nc2ccccc12. The lowest BCUT2D eigenvalue weighted by atomic mass is 10.1. The van der Waals surface area contributed by atoms with Crippen molar-refractivity contribution in [2.24, 2.45) is 0 Å². The maximum atomic E-state index is 8.83. The van der Waals surface area contributed by atoms with Crippen LogP contribution in [0.5, 0.6) is 0 Å². The monoisotopic (exact) mass is 169 g/mol. The minimum Gasteiger partial charge on any atom is -0.384 e. The topological polar surface area (TPSA) is 62.7 Å². The van der Waals surface area contributed by atoms with Gasteiger partial charge in [-0.15, -0.1) is 0 Å². The molecule has 1 heterocycles. The molecule has 0 aliphatic carbocycles. The molecule has 0 atom stereocenters. The summed E-state index contributed by atoms with van der Waals surface area (Å²) < 4.78 is 0. The van der Waals surface area contributed by atoms with Gasteiger partial charge in [0.1, 0.15) is 5.82 Å². The van der Waals surface area contributed by atoms with Crippen LogP contribution in [0.1, 0.15) is 5.56 Å². The molecule has 0 aliphatic rings. The number of rotatable bonds is 0. The molecule has 0 bridgehead atoms. The van der Waals surface area contributed by atoms with Crippen molar-refractivity contribution < 1.29 is 0 Å². The van der Waals surface area contributed by atoms with Gasteiger partial charge in [0.05, 0.1) is 17.1 Å². The molecule has 2 N–H and O–H groups in total. The Labute approximate surface area is 75.4 Å². The predicted octanol–water partition coefficient (Wildman–Crippen LogP) is 1.69. The van der Waals surface area contributed by atoms with Gasteiger partial charge in [0.15, 0.2) is 0 Å². The maximum absolute atomic E-state index is 8.83. The van der Waals surface area contributed by atoms with E-state index in [1.165, 1.54) is 0 Å². The van der Waals surface area contributed by atoms with E-state index < -0.39 is 0 Å². The smallest absolute Gasteiger partial charge is 0.125 e. The van der Waals surface area contributed by atoms with Crippen molar-refractivity contribution in [1.29, 1.82) is 5.26 Å². The van der Waals surface area contributed by atoms with Gasteiger partial charge in [0.25, 0.3) is 0 Å². The average Bonchev–Trinajstić information content (AvgIpc) is 2.16. The summed E-state index contributed by atoms with van der Waals surface area (Å²) in [5, 5.41) is 9.67. The summed E-state index contributed by atoms with van der Waals surface area (Å²) in [6.45, 7) is 0. The summed E-state index contributed by atoms with van der Waals surface area (Å²) in [5.41, 5.74) is 6.87. The van der Waals surface area contributed by atoms with Crippen molar-refractivity contribution in [2.45, 2.75) is 0 Å². The summed E-state index contributed by atoms with van der Waals surface area (Å²) in [7, 11) is 0. The molecule has 0 unspecified atom stereocenters. The average molecular weight is 169 g/mol. The summed E-state index contributed by atoms with van der Waals surface area (Å²) >= 11 is 0. The highest BCUT2D eigenvalue weighted by Crippen LogP contribution is 2.17. The van der Waals surface area contributed by atoms with E-state index in [4.69, 9.17) is 11.0 Å². The number of nitrogens with two attached hydrogens (primary N) is 1. The number of fused-ring (bicyclic) bond motifs is 1. The van der Waals surface area contributed by atoms with E-state index in [0.29, 0.717) is 11.4 Å². The number of nitrogens with zero attached hydrogens (tertiary/aromatic N) is 2. The fourth-order valence-corrected chi connectivity index (χ4v) is 1.29. The first kappa shape index (κ1) is 7.56. The highest BCUT2D eigenvalue weighted by Gasteiger charge is 2.01. The highest BCUT2D eigenvalue weighted by molar-refractivity contribution is 5.86. The van der Waals surface area contributed by atoms with Gasteiger partial charge in [0, 0.05) is 5.39 Å². The number of para-hydroxylation sites is 1. The minimum atomic E-state index is 0.384. The first-order chi connectivity index (χ1) is 6.31. The molecule has 3 heteroatoms. The van der Waals surface area contributed by atoms with Crippen molar-refractivity contribution in [3.05, 3.63) is 35.9 Å². The molecule has 62 valence electrons. The molecule has 0 spiro atoms. The van der Waals surface area contributed by atoms with Crippen LogP contribution < -0.4 is 5.73 Å². The molecule has 1 aromatic heterocycles. The third-order valence-corrected chi connectivity index (χ3v) is 1.86. The molecule has 3 nitrogen and oxygen atoms in total. The summed E-state index contributed by atoms with van der Waals surface area (Å²) in [5.74, 6) is 0.384. The van der Waals surface area contributed by atoms with Crippen molar-refractivity contribution in [1.82, 2.24) is 4.98 Å². The second kappa shape index (κ2) is 2.76. The van der Waals surface area contributed by atoms with Gasteiger partial charge >= 0.3 is 0 Å². The fourth-order valence-electron chi connectivity index (χ4n) is 1.29. The number of benzene rings is 1. The summed E-state index contributed by atoms with van der Waals surface area (Å²) in [4.78, 5) is 4.11. The maximum Gasteiger partial charge on any atom is 0.125 e. The fraction of sp³-hybridized carbons (Fsp3) is 0. The second-order valence-corrected chi connectivity index (χ2v) is 2.72. The molecule has 0 saturated carbocycles. The lowest BCUT2D eigenvalue weighted by molar-refractivity contribution is 1.39. The summed E-state index contributed by atoms with van der Waals surface area (Å²) in [6, 6.07) is 11.1. The standard InChI is InChI=1S/C10H7N3/c11-6-7-5-10(12)13-9-4-2-1-3-8(7)9/h1-5H,(H2,12,13). The van der Waals surface area contributed by atoms with Crippen LogP contribution in [0.15, 0.2) is 30.3 Å². The second-order valence-electron chi connectivity index (χ2n) is 2.72. The number of nitriles is 1. The Morgan fingerprint density at radius 1 is 1.31 bits per heavy atom. The van der Waals surface area contributed by atoms with E-state index in [9.17, 15) is 0 Å². The van der Waals surface area contributed by atoms with Crippen LogP contribution in [0.3, 0.4) is 0 Å². The Kier molecular flexibility index (Phi) is 1.60. The molecule has 0 saturated heterocycles. The van der Waals surface area contributed by atoms with Crippen LogP contribution in [0.25, 0.3) is 10.9 Å². The number of hydrogen-bond acceptors (Lipinski definition) is 3. The molecule has 1 aromatic carbocycles. The van der Waals surface area contributed by atoms with Gasteiger partial charge in [-0.3, -0.25) is 0 Å². The zero-order chi connectivity index (χ0) is 9.26. The molecule has 0 aliphatic heterocycles. The van der Waals surface area contributed by atoms with Crippen LogP contribution in [0.2, 0.25) is 0 Å². The highest BCUT2D eigenvalue weighted by atomic mass is 14.8.